The summed E-state index contributed by atoms with van der Waals surface area (Å²) in [4.78, 5) is 20.3. The van der Waals surface area contributed by atoms with Crippen LogP contribution in [-0.2, 0) is 11.2 Å². The molecule has 0 saturated heterocycles. The first-order valence-corrected chi connectivity index (χ1v) is 4.44. The van der Waals surface area contributed by atoms with Crippen molar-refractivity contribution in [3.05, 3.63) is 38.3 Å². The zero-order valence-electron chi connectivity index (χ0n) is 8.94. The Bertz CT molecular complexity index is 402. The van der Waals surface area contributed by atoms with Crippen LogP contribution in [-0.4, -0.2) is 16.0 Å². The van der Waals surface area contributed by atoms with Crippen molar-refractivity contribution in [2.24, 2.45) is 0 Å². The molecule has 0 fully saturated rings. The van der Waals surface area contributed by atoms with Crippen molar-refractivity contribution in [3.8, 4) is 0 Å². The molecule has 0 aromatic heterocycles. The van der Waals surface area contributed by atoms with Crippen molar-refractivity contribution in [1.82, 2.24) is 0 Å². The summed E-state index contributed by atoms with van der Waals surface area (Å²) in [5.41, 5.74) is 0.0208. The van der Waals surface area contributed by atoms with Crippen LogP contribution in [0.5, 0.6) is 0 Å². The number of carboxylic acids is 1. The van der Waals surface area contributed by atoms with Gasteiger partial charge in [-0.15, -0.1) is 0 Å². The van der Waals surface area contributed by atoms with Gasteiger partial charge in [-0.05, 0) is 6.07 Å². The third-order valence-corrected chi connectivity index (χ3v) is 2.08. The summed E-state index contributed by atoms with van der Waals surface area (Å²) >= 11 is 3.08. The molecule has 0 amide bonds. The number of nitrogens with zero attached hydrogens (tertiary/aromatic N) is 1. The van der Waals surface area contributed by atoms with Crippen molar-refractivity contribution in [3.63, 3.8) is 0 Å². The van der Waals surface area contributed by atoms with Crippen LogP contribution in [0.15, 0.2) is 22.7 Å². The fourth-order valence-electron chi connectivity index (χ4n) is 1.02. The van der Waals surface area contributed by atoms with E-state index in [-0.39, 0.29) is 48.7 Å². The molecule has 0 bridgehead atoms. The number of carbonyl (C=O) groups is 1. The van der Waals surface area contributed by atoms with Gasteiger partial charge in [-0.1, -0.05) is 22.0 Å². The van der Waals surface area contributed by atoms with Gasteiger partial charge in [0.15, 0.2) is 0 Å². The Labute approximate surface area is 118 Å². The maximum Gasteiger partial charge on any atom is 1.00 e. The Kier molecular flexibility index (Phi) is 6.04. The van der Waals surface area contributed by atoms with Crippen molar-refractivity contribution in [2.75, 3.05) is 0 Å². The van der Waals surface area contributed by atoms with E-state index in [2.05, 4.69) is 15.9 Å². The van der Waals surface area contributed by atoms with E-state index in [1.807, 2.05) is 0 Å². The van der Waals surface area contributed by atoms with E-state index in [1.54, 1.807) is 6.07 Å². The molecule has 76 valence electrons. The number of hydrogen-bond acceptors (Lipinski definition) is 3. The molecule has 15 heavy (non-hydrogen) atoms. The molecule has 0 spiro atoms. The van der Waals surface area contributed by atoms with Crippen LogP contribution >= 0.6 is 15.9 Å². The first-order chi connectivity index (χ1) is 6.50. The number of benzene rings is 1. The minimum Gasteiger partial charge on any atom is -1.00 e. The summed E-state index contributed by atoms with van der Waals surface area (Å²) in [6.45, 7) is 0. The molecule has 0 aliphatic rings. The smallest absolute Gasteiger partial charge is 1.00 e. The fraction of sp³-hybridized carbons (Fsp3) is 0.125. The number of hydrogen-bond donors (Lipinski definition) is 1. The van der Waals surface area contributed by atoms with Crippen LogP contribution in [0.4, 0.5) is 5.69 Å². The molecule has 1 aromatic rings. The molecule has 1 aromatic carbocycles. The molecule has 0 unspecified atom stereocenters. The van der Waals surface area contributed by atoms with Crippen LogP contribution in [0.1, 0.15) is 6.99 Å². The molecule has 0 atom stereocenters. The maximum absolute atomic E-state index is 10.5. The number of carboxylic acid groups (broad SMARTS) is 1. The van der Waals surface area contributed by atoms with Crippen molar-refractivity contribution >= 4 is 27.6 Å². The Morgan fingerprint density at radius 1 is 1.60 bits per heavy atom. The molecule has 0 aliphatic carbocycles. The minimum absolute atomic E-state index is 0. The first kappa shape index (κ1) is 14.6. The molecule has 5 nitrogen and oxygen atoms in total. The number of halogens is 1. The van der Waals surface area contributed by atoms with Gasteiger partial charge in [0.25, 0.3) is 5.69 Å². The van der Waals surface area contributed by atoms with Crippen LogP contribution in [0.3, 0.4) is 0 Å². The van der Waals surface area contributed by atoms with E-state index in [4.69, 9.17) is 5.11 Å². The van der Waals surface area contributed by atoms with E-state index in [0.717, 1.165) is 0 Å². The standard InChI is InChI=1S/C8H6BrNO4.Na.H/c9-6-2-1-5(3-8(11)12)7(4-6)10(13)14;;/h1-2,4H,3H2,(H,11,12);;/q;+1;-1. The van der Waals surface area contributed by atoms with Crippen molar-refractivity contribution < 1.29 is 45.8 Å². The predicted molar refractivity (Wildman–Crippen MR) is 53.2 cm³/mol. The Hall–Kier alpha value is -0.430. The second-order valence-electron chi connectivity index (χ2n) is 2.60. The number of nitro benzene ring substituents is 1. The molecule has 1 rings (SSSR count). The van der Waals surface area contributed by atoms with E-state index >= 15 is 0 Å². The van der Waals surface area contributed by atoms with Gasteiger partial charge < -0.3 is 6.53 Å². The van der Waals surface area contributed by atoms with Gasteiger partial charge in [0.1, 0.15) is 0 Å². The second kappa shape index (κ2) is 6.22. The van der Waals surface area contributed by atoms with E-state index in [1.165, 1.54) is 12.1 Å². The maximum atomic E-state index is 10.5. The summed E-state index contributed by atoms with van der Waals surface area (Å²) < 4.78 is 0.554. The average molecular weight is 284 g/mol. The average Bonchev–Trinajstić information content (AvgIpc) is 2.07. The fourth-order valence-corrected chi connectivity index (χ4v) is 1.37. The van der Waals surface area contributed by atoms with E-state index in [0.29, 0.717) is 4.47 Å². The zero-order chi connectivity index (χ0) is 10.7. The zero-order valence-corrected chi connectivity index (χ0v) is 11.5. The molecule has 0 aliphatic heterocycles. The third kappa shape index (κ3) is 4.29. The van der Waals surface area contributed by atoms with Gasteiger partial charge >= 0.3 is 35.5 Å². The van der Waals surface area contributed by atoms with E-state index < -0.39 is 10.9 Å². The van der Waals surface area contributed by atoms with Crippen molar-refractivity contribution in [1.29, 1.82) is 0 Å². The molecule has 0 heterocycles. The van der Waals surface area contributed by atoms with Crippen LogP contribution < -0.4 is 29.6 Å². The number of nitro groups is 1. The number of aliphatic carboxylic acids is 1. The van der Waals surface area contributed by atoms with Gasteiger partial charge in [-0.2, -0.15) is 0 Å². The molecule has 7 heteroatoms. The van der Waals surface area contributed by atoms with Crippen LogP contribution in [0.25, 0.3) is 0 Å². The summed E-state index contributed by atoms with van der Waals surface area (Å²) in [6, 6.07) is 4.29. The molecular weight excluding hydrogens is 277 g/mol. The second-order valence-corrected chi connectivity index (χ2v) is 3.52. The first-order valence-electron chi connectivity index (χ1n) is 3.65. The van der Waals surface area contributed by atoms with E-state index in [9.17, 15) is 14.9 Å². The normalized spacial score (nSPS) is 9.13. The van der Waals surface area contributed by atoms with Gasteiger partial charge in [0, 0.05) is 16.1 Å². The Morgan fingerprint density at radius 3 is 2.67 bits per heavy atom. The SMILES string of the molecule is O=C(O)Cc1ccc(Br)cc1[N+](=O)[O-].[H-].[Na+]. The molecule has 0 saturated carbocycles. The minimum atomic E-state index is -1.09. The summed E-state index contributed by atoms with van der Waals surface area (Å²) in [5, 5.41) is 19.1. The summed E-state index contributed by atoms with van der Waals surface area (Å²) in [5.74, 6) is -1.09. The van der Waals surface area contributed by atoms with Gasteiger partial charge in [0.2, 0.25) is 0 Å². The van der Waals surface area contributed by atoms with Gasteiger partial charge in [-0.3, -0.25) is 14.9 Å². The monoisotopic (exact) mass is 283 g/mol. The molecule has 0 radical (unpaired) electrons. The predicted octanol–water partition coefficient (Wildman–Crippen LogP) is -0.899. The van der Waals surface area contributed by atoms with Gasteiger partial charge in [-0.25, -0.2) is 0 Å². The van der Waals surface area contributed by atoms with Crippen LogP contribution in [0.2, 0.25) is 0 Å². The quantitative estimate of drug-likeness (QED) is 0.443. The summed E-state index contributed by atoms with van der Waals surface area (Å²) in [7, 11) is 0. The van der Waals surface area contributed by atoms with Crippen molar-refractivity contribution in [2.45, 2.75) is 6.42 Å². The van der Waals surface area contributed by atoms with Gasteiger partial charge in [0.05, 0.1) is 11.3 Å². The third-order valence-electron chi connectivity index (χ3n) is 1.59. The number of rotatable bonds is 3. The van der Waals surface area contributed by atoms with Crippen LogP contribution in [0, 0.1) is 10.1 Å². The largest absolute Gasteiger partial charge is 1.00 e. The Morgan fingerprint density at radius 2 is 2.20 bits per heavy atom. The molecule has 1 N–H and O–H groups in total. The topological polar surface area (TPSA) is 80.4 Å². The molecular formula is C8H7BrNNaO4. The summed E-state index contributed by atoms with van der Waals surface area (Å²) in [6.07, 6.45) is -0.344. The Balaban J connectivity index is 0.